The molecule has 2 nitrogen and oxygen atoms in total. The summed E-state index contributed by atoms with van der Waals surface area (Å²) in [5.41, 5.74) is 2.80. The Morgan fingerprint density at radius 3 is 2.00 bits per heavy atom. The summed E-state index contributed by atoms with van der Waals surface area (Å²) in [4.78, 5) is 0. The third-order valence-corrected chi connectivity index (χ3v) is 7.23. The third kappa shape index (κ3) is 2.48. The van der Waals surface area contributed by atoms with E-state index in [4.69, 9.17) is 22.5 Å². The van der Waals surface area contributed by atoms with Crippen LogP contribution >= 0.6 is 37.5 Å². The molecule has 1 unspecified atom stereocenters. The maximum Gasteiger partial charge on any atom is 0.173 e. The van der Waals surface area contributed by atoms with E-state index in [1.165, 1.54) is 24.6 Å². The number of allylic oxidation sites excluding steroid dienone is 1. The van der Waals surface area contributed by atoms with Crippen LogP contribution in [0.1, 0.15) is 27.7 Å². The Morgan fingerprint density at radius 1 is 1.19 bits per heavy atom. The second kappa shape index (κ2) is 5.22. The predicted octanol–water partition coefficient (Wildman–Crippen LogP) is 4.67. The maximum atomic E-state index is 5.97. The molecule has 0 aliphatic carbocycles. The average molecular weight is 299 g/mol. The minimum absolute atomic E-state index is 0.0206. The number of halogens is 2. The Balaban J connectivity index is 3.06. The normalized spacial score (nSPS) is 27.3. The van der Waals surface area contributed by atoms with Gasteiger partial charge in [-0.2, -0.15) is 4.78 Å². The van der Waals surface area contributed by atoms with E-state index in [1.54, 1.807) is 0 Å². The van der Waals surface area contributed by atoms with E-state index in [0.717, 1.165) is 0 Å². The largest absolute Gasteiger partial charge is 0.221 e. The average Bonchev–Trinajstić information content (AvgIpc) is 2.41. The van der Waals surface area contributed by atoms with Crippen LogP contribution in [-0.2, 0) is 0 Å². The summed E-state index contributed by atoms with van der Waals surface area (Å²) < 4.78 is 1.92. The van der Waals surface area contributed by atoms with Crippen LogP contribution in [0.15, 0.2) is 11.1 Å². The Kier molecular flexibility index (Phi) is 4.87. The van der Waals surface area contributed by atoms with Gasteiger partial charge >= 0.3 is 0 Å². The first kappa shape index (κ1) is 14.9. The van der Waals surface area contributed by atoms with Crippen molar-refractivity contribution in [2.24, 2.45) is 0 Å². The number of hydrogen-bond acceptors (Lipinski definition) is 2. The molecule has 1 aliphatic rings. The lowest BCUT2D eigenvalue weighted by molar-refractivity contribution is 0.0804. The van der Waals surface area contributed by atoms with Crippen LogP contribution in [0.3, 0.4) is 0 Å². The highest BCUT2D eigenvalue weighted by Crippen LogP contribution is 2.54. The number of nitrogens with zero attached hydrogens (tertiary/aromatic N) is 2. The lowest BCUT2D eigenvalue weighted by Crippen LogP contribution is -2.46. The zero-order valence-corrected chi connectivity index (χ0v) is 13.8. The van der Waals surface area contributed by atoms with Crippen LogP contribution in [0, 0.1) is 0 Å². The number of rotatable bonds is 3. The van der Waals surface area contributed by atoms with Gasteiger partial charge in [-0.25, -0.2) is 5.01 Å². The molecule has 0 saturated carbocycles. The highest BCUT2D eigenvalue weighted by atomic mass is 35.9. The van der Waals surface area contributed by atoms with E-state index in [9.17, 15) is 0 Å². The molecule has 92 valence electrons. The van der Waals surface area contributed by atoms with Gasteiger partial charge in [0.2, 0.25) is 0 Å². The molecule has 0 N–H and O–H groups in total. The molecule has 0 spiro atoms. The van der Waals surface area contributed by atoms with Crippen molar-refractivity contribution in [3.63, 3.8) is 0 Å². The monoisotopic (exact) mass is 298 g/mol. The van der Waals surface area contributed by atoms with Crippen LogP contribution in [0.5, 0.6) is 0 Å². The zero-order chi connectivity index (χ0) is 12.7. The molecule has 1 atom stereocenters. The van der Waals surface area contributed by atoms with E-state index >= 15 is 0 Å². The summed E-state index contributed by atoms with van der Waals surface area (Å²) in [5.74, 6) is 0. The minimum Gasteiger partial charge on any atom is -0.221 e. The Hall–Kier alpha value is 0.840. The third-order valence-electron chi connectivity index (χ3n) is 3.48. The molecule has 6 heteroatoms. The Morgan fingerprint density at radius 2 is 1.69 bits per heavy atom. The summed E-state index contributed by atoms with van der Waals surface area (Å²) in [6, 6.07) is 0. The molecule has 0 saturated heterocycles. The van der Waals surface area contributed by atoms with Crippen molar-refractivity contribution in [2.75, 3.05) is 14.1 Å². The second-order valence-corrected chi connectivity index (χ2v) is 9.41. The molecule has 1 heterocycles. The van der Waals surface area contributed by atoms with Crippen molar-refractivity contribution >= 4 is 42.8 Å². The van der Waals surface area contributed by atoms with Gasteiger partial charge < -0.3 is 0 Å². The Bertz CT molecular complexity index is 355. The van der Waals surface area contributed by atoms with Gasteiger partial charge in [-0.15, -0.1) is 0 Å². The molecule has 0 bridgehead atoms. The maximum absolute atomic E-state index is 5.97. The van der Waals surface area contributed by atoms with Gasteiger partial charge in [0.1, 0.15) is 0 Å². The molecule has 0 aromatic heterocycles. The van der Waals surface area contributed by atoms with Gasteiger partial charge in [0, 0.05) is 14.1 Å². The van der Waals surface area contributed by atoms with Gasteiger partial charge in [0.05, 0.1) is 5.28 Å². The highest BCUT2D eigenvalue weighted by molar-refractivity contribution is 8.02. The van der Waals surface area contributed by atoms with Gasteiger partial charge in [-0.05, 0) is 44.1 Å². The van der Waals surface area contributed by atoms with Gasteiger partial charge in [-0.1, -0.05) is 30.7 Å². The SMILES string of the molecule is CC1=PC(C)(N(C)N(C)P(Cl)Cl)C(C)=C1C. The van der Waals surface area contributed by atoms with E-state index in [2.05, 4.69) is 32.7 Å². The molecular formula is C10H18Cl2N2P2. The van der Waals surface area contributed by atoms with E-state index in [1.807, 2.05) is 18.9 Å². The Labute approximate surface area is 111 Å². The molecular weight excluding hydrogens is 281 g/mol. The molecule has 0 fully saturated rings. The number of hydrazine groups is 1. The van der Waals surface area contributed by atoms with Crippen molar-refractivity contribution < 1.29 is 0 Å². The van der Waals surface area contributed by atoms with Crippen LogP contribution in [0.25, 0.3) is 0 Å². The van der Waals surface area contributed by atoms with E-state index < -0.39 is 6.78 Å². The quantitative estimate of drug-likeness (QED) is 0.552. The predicted molar refractivity (Wildman–Crippen MR) is 78.5 cm³/mol. The smallest absolute Gasteiger partial charge is 0.173 e. The first-order chi connectivity index (χ1) is 7.21. The molecule has 0 aromatic carbocycles. The van der Waals surface area contributed by atoms with Crippen molar-refractivity contribution in [2.45, 2.75) is 33.0 Å². The summed E-state index contributed by atoms with van der Waals surface area (Å²) in [6.07, 6.45) is 0. The first-order valence-corrected chi connectivity index (χ1v) is 9.05. The number of hydrogen-bond donors (Lipinski definition) is 0. The lowest BCUT2D eigenvalue weighted by atomic mass is 10.0. The van der Waals surface area contributed by atoms with Crippen LogP contribution in [0.4, 0.5) is 0 Å². The molecule has 0 radical (unpaired) electrons. The topological polar surface area (TPSA) is 6.48 Å². The minimum atomic E-state index is -1.13. The summed E-state index contributed by atoms with van der Waals surface area (Å²) in [5, 5.41) is 3.55. The zero-order valence-electron chi connectivity index (χ0n) is 10.5. The van der Waals surface area contributed by atoms with Crippen molar-refractivity contribution in [1.29, 1.82) is 0 Å². The van der Waals surface area contributed by atoms with Gasteiger partial charge in [0.25, 0.3) is 0 Å². The van der Waals surface area contributed by atoms with Gasteiger partial charge in [0.15, 0.2) is 6.78 Å². The molecule has 16 heavy (non-hydrogen) atoms. The van der Waals surface area contributed by atoms with Crippen molar-refractivity contribution in [1.82, 2.24) is 9.79 Å². The fourth-order valence-electron chi connectivity index (χ4n) is 1.82. The van der Waals surface area contributed by atoms with Crippen LogP contribution in [-0.4, -0.2) is 34.5 Å². The second-order valence-electron chi connectivity index (χ2n) is 4.20. The van der Waals surface area contributed by atoms with Crippen molar-refractivity contribution in [3.05, 3.63) is 11.1 Å². The first-order valence-electron chi connectivity index (χ1n) is 5.05. The molecule has 0 amide bonds. The van der Waals surface area contributed by atoms with E-state index in [-0.39, 0.29) is 5.28 Å². The summed E-state index contributed by atoms with van der Waals surface area (Å²) >= 11 is 11.9. The fraction of sp³-hybridized carbons (Fsp3) is 0.700. The molecule has 0 aromatic rings. The number of likely N-dealkylation sites (N-methyl/N-ethyl adjacent to an activating group) is 1. The summed E-state index contributed by atoms with van der Waals surface area (Å²) in [6.45, 7) is 7.65. The highest BCUT2D eigenvalue weighted by Gasteiger charge is 2.38. The molecule has 1 rings (SSSR count). The van der Waals surface area contributed by atoms with E-state index in [0.29, 0.717) is 0 Å². The standard InChI is InChI=1S/C10H18Cl2N2P2/c1-7-8(2)10(4,15-9(7)3)13(5)14(6)16(11)12/h1-6H3. The van der Waals surface area contributed by atoms with Crippen LogP contribution in [0.2, 0.25) is 0 Å². The lowest BCUT2D eigenvalue weighted by Gasteiger charge is -2.41. The van der Waals surface area contributed by atoms with Crippen molar-refractivity contribution in [3.8, 4) is 0 Å². The summed E-state index contributed by atoms with van der Waals surface area (Å²) in [7, 11) is 5.29. The fourth-order valence-corrected chi connectivity index (χ4v) is 4.48. The van der Waals surface area contributed by atoms with Gasteiger partial charge in [-0.3, -0.25) is 0 Å². The van der Waals surface area contributed by atoms with Crippen LogP contribution < -0.4 is 0 Å². The molecule has 1 aliphatic heterocycles.